The predicted octanol–water partition coefficient (Wildman–Crippen LogP) is 1.00. The summed E-state index contributed by atoms with van der Waals surface area (Å²) in [5.74, 6) is -2.78. The summed E-state index contributed by atoms with van der Waals surface area (Å²) in [7, 11) is 0. The van der Waals surface area contributed by atoms with Gasteiger partial charge in [0.25, 0.3) is 17.7 Å². The van der Waals surface area contributed by atoms with Gasteiger partial charge < -0.3 is 29.3 Å². The van der Waals surface area contributed by atoms with Gasteiger partial charge in [-0.25, -0.2) is 4.79 Å². The summed E-state index contributed by atoms with van der Waals surface area (Å²) < 4.78 is 20.7. The van der Waals surface area contributed by atoms with Crippen molar-refractivity contribution in [3.8, 4) is 11.4 Å². The van der Waals surface area contributed by atoms with Crippen LogP contribution in [0.25, 0.3) is 11.4 Å². The number of aryl methyl sites for hydroxylation is 1. The van der Waals surface area contributed by atoms with Crippen molar-refractivity contribution in [3.05, 3.63) is 58.6 Å². The highest BCUT2D eigenvalue weighted by Crippen LogP contribution is 2.28. The first kappa shape index (κ1) is 27.7. The average molecular weight is 566 g/mol. The third-order valence-electron chi connectivity index (χ3n) is 6.58. The van der Waals surface area contributed by atoms with E-state index in [-0.39, 0.29) is 31.5 Å². The zero-order valence-corrected chi connectivity index (χ0v) is 22.2. The maximum Gasteiger partial charge on any atom is 0.439 e. The summed E-state index contributed by atoms with van der Waals surface area (Å²) in [5.41, 5.74) is 2.69. The molecule has 0 bridgehead atoms. The number of benzene rings is 2. The van der Waals surface area contributed by atoms with Gasteiger partial charge in [0, 0.05) is 42.6 Å². The molecule has 0 spiro atoms. The van der Waals surface area contributed by atoms with Gasteiger partial charge in [-0.3, -0.25) is 28.7 Å². The predicted molar refractivity (Wildman–Crippen MR) is 143 cm³/mol. The van der Waals surface area contributed by atoms with Gasteiger partial charge >= 0.3 is 11.7 Å². The van der Waals surface area contributed by atoms with Crippen LogP contribution in [0, 0.1) is 6.92 Å². The Morgan fingerprint density at radius 2 is 1.83 bits per heavy atom. The minimum absolute atomic E-state index is 0.0239. The van der Waals surface area contributed by atoms with E-state index in [0.29, 0.717) is 41.3 Å². The number of esters is 1. The Kier molecular flexibility index (Phi) is 7.94. The standard InChI is InChI=1S/C27H27N5O9/c1-15-12-17(6-7-20(15)24-29-27(37)41-30-24)28-25(35)22(40-16(2)33)23-26(36)32(9-11-39-23)19-5-3-4-18(13-19)31-8-10-38-14-21(31)34/h3-7,12-13,22-23H,8-11,14H2,1-2H3,(H,28,35)(H,29,30,37). The van der Waals surface area contributed by atoms with E-state index >= 15 is 0 Å². The third-order valence-corrected chi connectivity index (χ3v) is 6.58. The molecule has 2 fully saturated rings. The fourth-order valence-electron chi connectivity index (χ4n) is 4.70. The molecule has 3 heterocycles. The molecule has 1 aromatic heterocycles. The van der Waals surface area contributed by atoms with E-state index in [4.69, 9.17) is 14.2 Å². The number of H-pyrrole nitrogens is 1. The normalized spacial score (nSPS) is 18.2. The minimum atomic E-state index is -1.58. The quantitative estimate of drug-likeness (QED) is 0.394. The lowest BCUT2D eigenvalue weighted by atomic mass is 10.1. The van der Waals surface area contributed by atoms with Crippen LogP contribution in [0.5, 0.6) is 0 Å². The number of carbonyl (C=O) groups excluding carboxylic acids is 4. The number of amides is 3. The Balaban J connectivity index is 1.35. The summed E-state index contributed by atoms with van der Waals surface area (Å²) >= 11 is 0. The first-order valence-corrected chi connectivity index (χ1v) is 12.8. The number of anilines is 3. The van der Waals surface area contributed by atoms with Crippen LogP contribution in [0.1, 0.15) is 12.5 Å². The van der Waals surface area contributed by atoms with Gasteiger partial charge in [0.15, 0.2) is 11.9 Å². The number of aromatic amines is 1. The lowest BCUT2D eigenvalue weighted by Crippen LogP contribution is -2.56. The monoisotopic (exact) mass is 565 g/mol. The molecular weight excluding hydrogens is 538 g/mol. The number of hydrogen-bond donors (Lipinski definition) is 2. The summed E-state index contributed by atoms with van der Waals surface area (Å²) in [6.07, 6.45) is -3.00. The second-order valence-electron chi connectivity index (χ2n) is 9.39. The van der Waals surface area contributed by atoms with Gasteiger partial charge in [0.1, 0.15) is 6.61 Å². The number of morpholine rings is 2. The molecule has 2 aromatic carbocycles. The molecule has 14 heteroatoms. The Labute approximate surface area is 233 Å². The molecule has 2 saturated heterocycles. The van der Waals surface area contributed by atoms with E-state index in [0.717, 1.165) is 6.92 Å². The van der Waals surface area contributed by atoms with Gasteiger partial charge in [-0.1, -0.05) is 11.2 Å². The number of aromatic nitrogens is 2. The highest BCUT2D eigenvalue weighted by atomic mass is 16.6. The summed E-state index contributed by atoms with van der Waals surface area (Å²) in [6, 6.07) is 11.7. The Hall–Kier alpha value is -4.82. The van der Waals surface area contributed by atoms with Crippen LogP contribution in [-0.4, -0.2) is 78.9 Å². The van der Waals surface area contributed by atoms with Crippen molar-refractivity contribution in [2.45, 2.75) is 26.1 Å². The van der Waals surface area contributed by atoms with Gasteiger partial charge in [0.2, 0.25) is 6.10 Å². The lowest BCUT2D eigenvalue weighted by Gasteiger charge is -2.35. The molecular formula is C27H27N5O9. The Bertz CT molecular complexity index is 1550. The summed E-state index contributed by atoms with van der Waals surface area (Å²) in [4.78, 5) is 68.0. The Morgan fingerprint density at radius 3 is 2.51 bits per heavy atom. The van der Waals surface area contributed by atoms with Crippen molar-refractivity contribution in [3.63, 3.8) is 0 Å². The number of nitrogens with zero attached hydrogens (tertiary/aromatic N) is 3. The van der Waals surface area contributed by atoms with Crippen LogP contribution in [0.15, 0.2) is 51.8 Å². The molecule has 0 radical (unpaired) electrons. The molecule has 5 rings (SSSR count). The van der Waals surface area contributed by atoms with Crippen LogP contribution in [0.3, 0.4) is 0 Å². The van der Waals surface area contributed by atoms with E-state index in [2.05, 4.69) is 20.0 Å². The van der Waals surface area contributed by atoms with E-state index in [1.807, 2.05) is 0 Å². The number of carbonyl (C=O) groups is 4. The van der Waals surface area contributed by atoms with Crippen molar-refractivity contribution in [2.24, 2.45) is 0 Å². The smallest absolute Gasteiger partial charge is 0.439 e. The zero-order valence-electron chi connectivity index (χ0n) is 22.2. The molecule has 2 N–H and O–H groups in total. The van der Waals surface area contributed by atoms with Crippen LogP contribution >= 0.6 is 0 Å². The number of nitrogens with one attached hydrogen (secondary N) is 2. The van der Waals surface area contributed by atoms with Crippen LogP contribution in [-0.2, 0) is 33.4 Å². The molecule has 3 amide bonds. The molecule has 14 nitrogen and oxygen atoms in total. The molecule has 0 saturated carbocycles. The van der Waals surface area contributed by atoms with Crippen molar-refractivity contribution < 1.29 is 37.9 Å². The SMILES string of the molecule is CC(=O)OC(C(=O)Nc1ccc(-c2noc(=O)[nH]2)c(C)c1)C1OCCN(c2cccc(N3CCOCC3=O)c2)C1=O. The molecule has 2 unspecified atom stereocenters. The third kappa shape index (κ3) is 6.02. The van der Waals surface area contributed by atoms with Crippen molar-refractivity contribution in [1.82, 2.24) is 10.1 Å². The van der Waals surface area contributed by atoms with E-state index in [1.165, 1.54) is 4.90 Å². The van der Waals surface area contributed by atoms with Crippen molar-refractivity contribution >= 4 is 40.8 Å². The van der Waals surface area contributed by atoms with E-state index in [1.54, 1.807) is 54.3 Å². The van der Waals surface area contributed by atoms with Crippen LogP contribution < -0.4 is 20.9 Å². The molecule has 0 aliphatic carbocycles. The largest absolute Gasteiger partial charge is 0.449 e. The first-order chi connectivity index (χ1) is 19.7. The average Bonchev–Trinajstić information content (AvgIpc) is 3.38. The number of ether oxygens (including phenoxy) is 3. The molecule has 2 aliphatic heterocycles. The number of rotatable bonds is 7. The van der Waals surface area contributed by atoms with Crippen LogP contribution in [0.4, 0.5) is 17.1 Å². The molecule has 2 atom stereocenters. The fourth-order valence-corrected chi connectivity index (χ4v) is 4.70. The maximum atomic E-state index is 13.6. The molecule has 2 aliphatic rings. The van der Waals surface area contributed by atoms with E-state index in [9.17, 15) is 24.0 Å². The lowest BCUT2D eigenvalue weighted by molar-refractivity contribution is -0.167. The molecule has 214 valence electrons. The first-order valence-electron chi connectivity index (χ1n) is 12.8. The van der Waals surface area contributed by atoms with Crippen molar-refractivity contribution in [2.75, 3.05) is 48.0 Å². The second-order valence-corrected chi connectivity index (χ2v) is 9.39. The van der Waals surface area contributed by atoms with Crippen LogP contribution in [0.2, 0.25) is 0 Å². The molecule has 3 aromatic rings. The number of hydrogen-bond acceptors (Lipinski definition) is 10. The van der Waals surface area contributed by atoms with Gasteiger partial charge in [-0.15, -0.1) is 0 Å². The highest BCUT2D eigenvalue weighted by molar-refractivity contribution is 6.05. The van der Waals surface area contributed by atoms with Gasteiger partial charge in [-0.2, -0.15) is 0 Å². The molecule has 41 heavy (non-hydrogen) atoms. The Morgan fingerprint density at radius 1 is 1.07 bits per heavy atom. The van der Waals surface area contributed by atoms with Gasteiger partial charge in [0.05, 0.1) is 13.2 Å². The maximum absolute atomic E-state index is 13.6. The fraction of sp³-hybridized carbons (Fsp3) is 0.333. The van der Waals surface area contributed by atoms with Crippen molar-refractivity contribution in [1.29, 1.82) is 0 Å². The summed E-state index contributed by atoms with van der Waals surface area (Å²) in [6.45, 7) is 3.89. The van der Waals surface area contributed by atoms with Gasteiger partial charge in [-0.05, 0) is 48.9 Å². The zero-order chi connectivity index (χ0) is 29.1. The summed E-state index contributed by atoms with van der Waals surface area (Å²) in [5, 5.41) is 6.33. The minimum Gasteiger partial charge on any atom is -0.449 e. The second kappa shape index (κ2) is 11.7. The topological polar surface area (TPSA) is 173 Å². The van der Waals surface area contributed by atoms with E-state index < -0.39 is 35.7 Å². The highest BCUT2D eigenvalue weighted by Gasteiger charge is 2.42.